The second kappa shape index (κ2) is 4.56. The maximum atomic E-state index is 12.9. The van der Waals surface area contributed by atoms with Crippen LogP contribution in [0.5, 0.6) is 5.75 Å². The topological polar surface area (TPSA) is 69.9 Å². The average Bonchev–Trinajstić information content (AvgIpc) is 2.22. The van der Waals surface area contributed by atoms with Crippen LogP contribution < -0.4 is 4.74 Å². The molecule has 0 saturated carbocycles. The number of benzene rings is 1. The van der Waals surface area contributed by atoms with E-state index in [9.17, 15) is 22.0 Å². The Balaban J connectivity index is 3.16. The van der Waals surface area contributed by atoms with Crippen LogP contribution in [0.2, 0.25) is 0 Å². The molecular formula is C7H5F5O4Si. The molecule has 0 aliphatic carbocycles. The smallest absolute Gasteiger partial charge is 0.483 e. The van der Waals surface area contributed by atoms with Crippen LogP contribution >= 0.6 is 0 Å². The number of rotatable bonds is 3. The van der Waals surface area contributed by atoms with Gasteiger partial charge < -0.3 is 19.1 Å². The molecule has 0 fully saturated rings. The van der Waals surface area contributed by atoms with Crippen molar-refractivity contribution in [3.05, 3.63) is 29.1 Å². The van der Waals surface area contributed by atoms with Crippen molar-refractivity contribution >= 4 is 8.80 Å². The van der Waals surface area contributed by atoms with Crippen molar-refractivity contribution in [2.75, 3.05) is 6.23 Å². The lowest BCUT2D eigenvalue weighted by Crippen LogP contribution is -2.42. The van der Waals surface area contributed by atoms with Gasteiger partial charge in [0.1, 0.15) is 0 Å². The van der Waals surface area contributed by atoms with Crippen molar-refractivity contribution in [2.24, 2.45) is 0 Å². The number of hydrogen-bond donors (Lipinski definition) is 3. The molecular weight excluding hydrogens is 271 g/mol. The average molecular weight is 276 g/mol. The molecule has 0 spiro atoms. The van der Waals surface area contributed by atoms with Gasteiger partial charge in [-0.15, -0.1) is 0 Å². The van der Waals surface area contributed by atoms with Crippen LogP contribution in [0.1, 0.15) is 0 Å². The van der Waals surface area contributed by atoms with Crippen LogP contribution in [0.25, 0.3) is 0 Å². The first-order valence-corrected chi connectivity index (χ1v) is 6.01. The summed E-state index contributed by atoms with van der Waals surface area (Å²) in [7, 11) is -4.83. The van der Waals surface area contributed by atoms with Gasteiger partial charge >= 0.3 is 8.80 Å². The van der Waals surface area contributed by atoms with Gasteiger partial charge in [0.15, 0.2) is 12.0 Å². The van der Waals surface area contributed by atoms with Crippen LogP contribution in [0.4, 0.5) is 22.0 Å². The summed E-state index contributed by atoms with van der Waals surface area (Å²) in [6, 6.07) is 0. The van der Waals surface area contributed by atoms with E-state index in [1.54, 1.807) is 0 Å². The van der Waals surface area contributed by atoms with E-state index < -0.39 is 49.9 Å². The molecule has 10 heteroatoms. The van der Waals surface area contributed by atoms with E-state index in [0.29, 0.717) is 0 Å². The molecule has 0 bridgehead atoms. The van der Waals surface area contributed by atoms with Gasteiger partial charge in [0, 0.05) is 0 Å². The van der Waals surface area contributed by atoms with E-state index in [2.05, 4.69) is 4.74 Å². The van der Waals surface area contributed by atoms with Crippen molar-refractivity contribution in [2.45, 2.75) is 0 Å². The van der Waals surface area contributed by atoms with E-state index in [0.717, 1.165) is 0 Å². The van der Waals surface area contributed by atoms with Crippen LogP contribution in [0.3, 0.4) is 0 Å². The summed E-state index contributed by atoms with van der Waals surface area (Å²) in [5.41, 5.74) is 0. The van der Waals surface area contributed by atoms with E-state index in [4.69, 9.17) is 14.4 Å². The fraction of sp³-hybridized carbons (Fsp3) is 0.143. The standard InChI is InChI=1S/C7H5F5O4Si/c8-2-3(9)5(11)7(6(12)4(2)10)16-1-17(13,14)15/h13-15H,1H2. The highest BCUT2D eigenvalue weighted by atomic mass is 28.4. The van der Waals surface area contributed by atoms with Gasteiger partial charge in [0.05, 0.1) is 0 Å². The predicted octanol–water partition coefficient (Wildman–Crippen LogP) is 0.216. The third-order valence-corrected chi connectivity index (χ3v) is 2.11. The second-order valence-corrected chi connectivity index (χ2v) is 4.80. The zero-order chi connectivity index (χ0) is 13.4. The highest BCUT2D eigenvalue weighted by Crippen LogP contribution is 2.29. The van der Waals surface area contributed by atoms with Crippen molar-refractivity contribution < 1.29 is 41.1 Å². The fourth-order valence-corrected chi connectivity index (χ4v) is 1.22. The van der Waals surface area contributed by atoms with E-state index >= 15 is 0 Å². The van der Waals surface area contributed by atoms with Gasteiger partial charge in [-0.2, -0.15) is 8.78 Å². The van der Waals surface area contributed by atoms with Crippen LogP contribution in [-0.4, -0.2) is 29.4 Å². The molecule has 0 radical (unpaired) electrons. The predicted molar refractivity (Wildman–Crippen MR) is 44.1 cm³/mol. The summed E-state index contributed by atoms with van der Waals surface area (Å²) in [6.45, 7) is 0. The highest BCUT2D eigenvalue weighted by Gasteiger charge is 2.32. The normalized spacial score (nSPS) is 11.8. The molecule has 96 valence electrons. The fourth-order valence-electron chi connectivity index (χ4n) is 0.880. The van der Waals surface area contributed by atoms with Crippen LogP contribution in [0.15, 0.2) is 0 Å². The number of ether oxygens (including phenoxy) is 1. The maximum absolute atomic E-state index is 12.9. The number of hydrogen-bond acceptors (Lipinski definition) is 4. The molecule has 3 N–H and O–H groups in total. The summed E-state index contributed by atoms with van der Waals surface area (Å²) >= 11 is 0. The molecule has 17 heavy (non-hydrogen) atoms. The summed E-state index contributed by atoms with van der Waals surface area (Å²) < 4.78 is 67.5. The first-order valence-electron chi connectivity index (χ1n) is 3.96. The molecule has 0 aliphatic rings. The largest absolute Gasteiger partial charge is 0.532 e. The Morgan fingerprint density at radius 1 is 0.765 bits per heavy atom. The maximum Gasteiger partial charge on any atom is 0.532 e. The molecule has 0 unspecified atom stereocenters. The van der Waals surface area contributed by atoms with Gasteiger partial charge in [-0.25, -0.2) is 13.2 Å². The van der Waals surface area contributed by atoms with Crippen molar-refractivity contribution in [1.29, 1.82) is 0 Å². The minimum absolute atomic E-state index is 1.37. The van der Waals surface area contributed by atoms with Gasteiger partial charge in [-0.1, -0.05) is 0 Å². The summed E-state index contributed by atoms with van der Waals surface area (Å²) in [5.74, 6) is -13.1. The quantitative estimate of drug-likeness (QED) is 0.319. The molecule has 0 amide bonds. The Hall–Kier alpha value is -1.23. The zero-order valence-electron chi connectivity index (χ0n) is 7.85. The third-order valence-electron chi connectivity index (χ3n) is 1.58. The van der Waals surface area contributed by atoms with Gasteiger partial charge in [-0.3, -0.25) is 0 Å². The zero-order valence-corrected chi connectivity index (χ0v) is 8.85. The molecule has 1 rings (SSSR count). The van der Waals surface area contributed by atoms with Crippen LogP contribution in [-0.2, 0) is 0 Å². The lowest BCUT2D eigenvalue weighted by Gasteiger charge is -2.13. The van der Waals surface area contributed by atoms with Gasteiger partial charge in [0.2, 0.25) is 29.1 Å². The monoisotopic (exact) mass is 276 g/mol. The minimum Gasteiger partial charge on any atom is -0.483 e. The van der Waals surface area contributed by atoms with Gasteiger partial charge in [0.25, 0.3) is 0 Å². The highest BCUT2D eigenvalue weighted by molar-refractivity contribution is 6.56. The minimum atomic E-state index is -4.83. The first-order chi connectivity index (χ1) is 7.65. The number of halogens is 5. The third kappa shape index (κ3) is 2.91. The molecule has 0 heterocycles. The lowest BCUT2D eigenvalue weighted by atomic mass is 10.3. The van der Waals surface area contributed by atoms with Crippen molar-refractivity contribution in [3.63, 3.8) is 0 Å². The Morgan fingerprint density at radius 3 is 1.47 bits per heavy atom. The van der Waals surface area contributed by atoms with Crippen molar-refractivity contribution in [1.82, 2.24) is 0 Å². The summed E-state index contributed by atoms with van der Waals surface area (Å²) in [4.78, 5) is 25.4. The van der Waals surface area contributed by atoms with Crippen molar-refractivity contribution in [3.8, 4) is 5.75 Å². The molecule has 0 aromatic heterocycles. The summed E-state index contributed by atoms with van der Waals surface area (Å²) in [5, 5.41) is 0. The Morgan fingerprint density at radius 2 is 1.12 bits per heavy atom. The van der Waals surface area contributed by atoms with Crippen LogP contribution in [0, 0.1) is 29.1 Å². The SMILES string of the molecule is O[Si](O)(O)COc1c(F)c(F)c(F)c(F)c1F. The molecule has 1 aromatic rings. The second-order valence-electron chi connectivity index (χ2n) is 2.96. The Bertz CT molecular complexity index is 418. The molecule has 0 saturated heterocycles. The van der Waals surface area contributed by atoms with E-state index in [1.807, 2.05) is 0 Å². The van der Waals surface area contributed by atoms with E-state index in [-0.39, 0.29) is 0 Å². The molecule has 1 aromatic carbocycles. The Kier molecular flexibility index (Phi) is 3.71. The van der Waals surface area contributed by atoms with E-state index in [1.165, 1.54) is 0 Å². The Labute approximate surface area is 91.9 Å². The molecule has 4 nitrogen and oxygen atoms in total. The van der Waals surface area contributed by atoms with Gasteiger partial charge in [-0.05, 0) is 0 Å². The summed E-state index contributed by atoms with van der Waals surface area (Å²) in [6.07, 6.45) is -1.37. The first kappa shape index (κ1) is 13.8. The lowest BCUT2D eigenvalue weighted by molar-refractivity contribution is 0.176. The molecule has 0 atom stereocenters. The molecule has 0 aliphatic heterocycles.